The topological polar surface area (TPSA) is 66.6 Å². The van der Waals surface area contributed by atoms with Gasteiger partial charge in [-0.05, 0) is 45.1 Å². The highest BCUT2D eigenvalue weighted by molar-refractivity contribution is 7.89. The molecule has 0 fully saturated rings. The minimum absolute atomic E-state index is 0.179. The summed E-state index contributed by atoms with van der Waals surface area (Å²) < 4.78 is 27.1. The molecule has 2 N–H and O–H groups in total. The van der Waals surface area contributed by atoms with Crippen molar-refractivity contribution < 1.29 is 8.42 Å². The van der Waals surface area contributed by atoms with Gasteiger partial charge in [0, 0.05) is 25.7 Å². The Balaban J connectivity index is 3.07. The molecule has 0 aromatic heterocycles. The number of likely N-dealkylation sites (N-methyl/N-ethyl adjacent to an activating group) is 1. The van der Waals surface area contributed by atoms with Crippen molar-refractivity contribution in [1.29, 1.82) is 0 Å². The van der Waals surface area contributed by atoms with Crippen molar-refractivity contribution in [2.45, 2.75) is 31.2 Å². The zero-order valence-corrected chi connectivity index (χ0v) is 14.2. The maximum Gasteiger partial charge on any atom is 0.243 e. The molecular formula is C15H27N3O2S. The average Bonchev–Trinajstić information content (AvgIpc) is 2.43. The van der Waals surface area contributed by atoms with E-state index in [4.69, 9.17) is 5.73 Å². The van der Waals surface area contributed by atoms with Crippen LogP contribution in [0.25, 0.3) is 0 Å². The summed E-state index contributed by atoms with van der Waals surface area (Å²) in [5.41, 5.74) is 6.68. The second kappa shape index (κ2) is 7.89. The van der Waals surface area contributed by atoms with Gasteiger partial charge in [0.05, 0.1) is 4.90 Å². The highest BCUT2D eigenvalue weighted by Crippen LogP contribution is 2.20. The predicted molar refractivity (Wildman–Crippen MR) is 86.6 cm³/mol. The van der Waals surface area contributed by atoms with Crippen LogP contribution in [0.2, 0.25) is 0 Å². The lowest BCUT2D eigenvalue weighted by atomic mass is 10.1. The fourth-order valence-corrected chi connectivity index (χ4v) is 3.60. The third-order valence-corrected chi connectivity index (χ3v) is 5.19. The standard InChI is InChI=1S/C15H27N3O2S/c1-5-9-18(11-10-17(3)4)21(19,20)15-8-6-7-14(12-15)13(2)16/h6-8,12-13H,5,9-11,16H2,1-4H3. The molecule has 0 aliphatic heterocycles. The summed E-state index contributed by atoms with van der Waals surface area (Å²) in [6.07, 6.45) is 0.791. The van der Waals surface area contributed by atoms with Crippen LogP contribution in [0.4, 0.5) is 0 Å². The number of rotatable bonds is 8. The van der Waals surface area contributed by atoms with Gasteiger partial charge in [-0.2, -0.15) is 4.31 Å². The Kier molecular flexibility index (Phi) is 6.80. The molecule has 1 aromatic rings. The first-order valence-electron chi connectivity index (χ1n) is 7.29. The number of sulfonamides is 1. The SMILES string of the molecule is CCCN(CCN(C)C)S(=O)(=O)c1cccc(C(C)N)c1. The summed E-state index contributed by atoms with van der Waals surface area (Å²) in [5, 5.41) is 0. The van der Waals surface area contributed by atoms with E-state index in [0.29, 0.717) is 24.5 Å². The van der Waals surface area contributed by atoms with Gasteiger partial charge in [0.1, 0.15) is 0 Å². The van der Waals surface area contributed by atoms with Crippen molar-refractivity contribution in [2.24, 2.45) is 5.73 Å². The first kappa shape index (κ1) is 18.1. The molecule has 0 saturated carbocycles. The zero-order chi connectivity index (χ0) is 16.0. The quantitative estimate of drug-likeness (QED) is 0.793. The Morgan fingerprint density at radius 2 is 1.86 bits per heavy atom. The molecule has 1 rings (SSSR count). The van der Waals surface area contributed by atoms with Crippen molar-refractivity contribution >= 4 is 10.0 Å². The lowest BCUT2D eigenvalue weighted by molar-refractivity contribution is 0.333. The van der Waals surface area contributed by atoms with Gasteiger partial charge >= 0.3 is 0 Å². The van der Waals surface area contributed by atoms with E-state index in [0.717, 1.165) is 12.0 Å². The maximum absolute atomic E-state index is 12.8. The second-order valence-electron chi connectivity index (χ2n) is 5.57. The van der Waals surface area contributed by atoms with Gasteiger partial charge in [-0.15, -0.1) is 0 Å². The number of nitrogens with two attached hydrogens (primary N) is 1. The summed E-state index contributed by atoms with van der Waals surface area (Å²) in [6.45, 7) is 5.55. The molecule has 5 nitrogen and oxygen atoms in total. The third-order valence-electron chi connectivity index (χ3n) is 3.29. The van der Waals surface area contributed by atoms with Crippen LogP contribution >= 0.6 is 0 Å². The fraction of sp³-hybridized carbons (Fsp3) is 0.600. The summed E-state index contributed by atoms with van der Waals surface area (Å²) in [5.74, 6) is 0. The van der Waals surface area contributed by atoms with Crippen LogP contribution < -0.4 is 5.73 Å². The first-order valence-corrected chi connectivity index (χ1v) is 8.73. The smallest absolute Gasteiger partial charge is 0.243 e. The zero-order valence-electron chi connectivity index (χ0n) is 13.4. The van der Waals surface area contributed by atoms with Crippen molar-refractivity contribution in [1.82, 2.24) is 9.21 Å². The van der Waals surface area contributed by atoms with Crippen LogP contribution in [0.1, 0.15) is 31.9 Å². The van der Waals surface area contributed by atoms with E-state index in [1.807, 2.05) is 38.9 Å². The van der Waals surface area contributed by atoms with Crippen LogP contribution in [-0.4, -0.2) is 51.4 Å². The number of hydrogen-bond acceptors (Lipinski definition) is 4. The maximum atomic E-state index is 12.8. The molecule has 120 valence electrons. The molecule has 21 heavy (non-hydrogen) atoms. The Hall–Kier alpha value is -0.950. The Morgan fingerprint density at radius 1 is 1.19 bits per heavy atom. The fourth-order valence-electron chi connectivity index (χ4n) is 2.02. The van der Waals surface area contributed by atoms with Gasteiger partial charge in [0.15, 0.2) is 0 Å². The molecule has 1 aromatic carbocycles. The number of nitrogens with zero attached hydrogens (tertiary/aromatic N) is 2. The Morgan fingerprint density at radius 3 is 2.38 bits per heavy atom. The van der Waals surface area contributed by atoms with Crippen LogP contribution in [0.3, 0.4) is 0 Å². The molecule has 0 aliphatic rings. The van der Waals surface area contributed by atoms with E-state index in [-0.39, 0.29) is 6.04 Å². The van der Waals surface area contributed by atoms with Crippen LogP contribution in [0, 0.1) is 0 Å². The van der Waals surface area contributed by atoms with Crippen molar-refractivity contribution in [3.8, 4) is 0 Å². The molecule has 6 heteroatoms. The largest absolute Gasteiger partial charge is 0.324 e. The Labute approximate surface area is 128 Å². The molecule has 1 atom stereocenters. The van der Waals surface area contributed by atoms with E-state index in [1.54, 1.807) is 22.5 Å². The average molecular weight is 313 g/mol. The van der Waals surface area contributed by atoms with Crippen molar-refractivity contribution in [2.75, 3.05) is 33.7 Å². The molecule has 0 saturated heterocycles. The molecule has 0 aliphatic carbocycles. The summed E-state index contributed by atoms with van der Waals surface area (Å²) in [6, 6.07) is 6.74. The van der Waals surface area contributed by atoms with E-state index >= 15 is 0 Å². The predicted octanol–water partition coefficient (Wildman–Crippen LogP) is 1.67. The van der Waals surface area contributed by atoms with Crippen LogP contribution in [0.15, 0.2) is 29.2 Å². The summed E-state index contributed by atoms with van der Waals surface area (Å²) >= 11 is 0. The molecular weight excluding hydrogens is 286 g/mol. The lowest BCUT2D eigenvalue weighted by Crippen LogP contribution is -2.37. The molecule has 1 unspecified atom stereocenters. The van der Waals surface area contributed by atoms with Crippen molar-refractivity contribution in [3.63, 3.8) is 0 Å². The normalized spacial score (nSPS) is 13.9. The van der Waals surface area contributed by atoms with Gasteiger partial charge in [-0.25, -0.2) is 8.42 Å². The van der Waals surface area contributed by atoms with E-state index in [1.165, 1.54) is 0 Å². The molecule has 0 heterocycles. The van der Waals surface area contributed by atoms with E-state index in [9.17, 15) is 8.42 Å². The van der Waals surface area contributed by atoms with Crippen LogP contribution in [-0.2, 0) is 10.0 Å². The summed E-state index contributed by atoms with van der Waals surface area (Å²) in [7, 11) is 0.412. The number of hydrogen-bond donors (Lipinski definition) is 1. The van der Waals surface area contributed by atoms with E-state index in [2.05, 4.69) is 0 Å². The summed E-state index contributed by atoms with van der Waals surface area (Å²) in [4.78, 5) is 2.31. The van der Waals surface area contributed by atoms with Gasteiger partial charge in [-0.3, -0.25) is 0 Å². The van der Waals surface area contributed by atoms with Gasteiger partial charge < -0.3 is 10.6 Å². The van der Waals surface area contributed by atoms with Gasteiger partial charge in [-0.1, -0.05) is 19.1 Å². The monoisotopic (exact) mass is 313 g/mol. The van der Waals surface area contributed by atoms with Crippen molar-refractivity contribution in [3.05, 3.63) is 29.8 Å². The number of benzene rings is 1. The molecule has 0 amide bonds. The van der Waals surface area contributed by atoms with E-state index < -0.39 is 10.0 Å². The minimum atomic E-state index is -3.46. The highest BCUT2D eigenvalue weighted by Gasteiger charge is 2.24. The van der Waals surface area contributed by atoms with Gasteiger partial charge in [0.25, 0.3) is 0 Å². The Bertz CT molecular complexity index is 542. The molecule has 0 bridgehead atoms. The minimum Gasteiger partial charge on any atom is -0.324 e. The second-order valence-corrected chi connectivity index (χ2v) is 7.51. The third kappa shape index (κ3) is 5.07. The highest BCUT2D eigenvalue weighted by atomic mass is 32.2. The first-order chi connectivity index (χ1) is 9.78. The van der Waals surface area contributed by atoms with Crippen LogP contribution in [0.5, 0.6) is 0 Å². The lowest BCUT2D eigenvalue weighted by Gasteiger charge is -2.23. The molecule has 0 radical (unpaired) electrons. The van der Waals surface area contributed by atoms with Gasteiger partial charge in [0.2, 0.25) is 10.0 Å². The molecule has 0 spiro atoms.